The van der Waals surface area contributed by atoms with Crippen LogP contribution in [0.4, 0.5) is 0 Å². The van der Waals surface area contributed by atoms with Gasteiger partial charge in [0.2, 0.25) is 0 Å². The number of alkyl halides is 2. The van der Waals surface area contributed by atoms with Crippen molar-refractivity contribution in [1.29, 1.82) is 0 Å². The van der Waals surface area contributed by atoms with E-state index in [1.54, 1.807) is 0 Å². The van der Waals surface area contributed by atoms with Gasteiger partial charge in [0.25, 0.3) is 0 Å². The van der Waals surface area contributed by atoms with Gasteiger partial charge in [-0.2, -0.15) is 0 Å². The first-order chi connectivity index (χ1) is 5.72. The van der Waals surface area contributed by atoms with Crippen LogP contribution in [0.3, 0.4) is 0 Å². The van der Waals surface area contributed by atoms with Crippen LogP contribution in [-0.4, -0.2) is 22.8 Å². The van der Waals surface area contributed by atoms with Crippen molar-refractivity contribution in [2.24, 2.45) is 0 Å². The summed E-state index contributed by atoms with van der Waals surface area (Å²) in [5, 5.41) is 0.0214. The SMILES string of the molecule is O=CC(Cl)C(=O)CCCCCBr. The molecule has 4 heteroatoms. The van der Waals surface area contributed by atoms with Crippen LogP contribution in [0.25, 0.3) is 0 Å². The van der Waals surface area contributed by atoms with Crippen LogP contribution in [0.2, 0.25) is 0 Å². The number of ketones is 1. The quantitative estimate of drug-likeness (QED) is 0.303. The van der Waals surface area contributed by atoms with Crippen molar-refractivity contribution in [1.82, 2.24) is 0 Å². The van der Waals surface area contributed by atoms with E-state index in [2.05, 4.69) is 15.9 Å². The third-order valence-corrected chi connectivity index (χ3v) is 2.39. The summed E-state index contributed by atoms with van der Waals surface area (Å²) < 4.78 is 0. The van der Waals surface area contributed by atoms with Crippen LogP contribution < -0.4 is 0 Å². The molecule has 0 saturated heterocycles. The average molecular weight is 256 g/mol. The lowest BCUT2D eigenvalue weighted by Crippen LogP contribution is -2.15. The van der Waals surface area contributed by atoms with Gasteiger partial charge < -0.3 is 4.79 Å². The average Bonchev–Trinajstić information content (AvgIpc) is 2.10. The maximum Gasteiger partial charge on any atom is 0.157 e. The van der Waals surface area contributed by atoms with Crippen molar-refractivity contribution >= 4 is 39.6 Å². The van der Waals surface area contributed by atoms with Gasteiger partial charge in [0.1, 0.15) is 11.7 Å². The van der Waals surface area contributed by atoms with E-state index in [4.69, 9.17) is 11.6 Å². The van der Waals surface area contributed by atoms with Gasteiger partial charge in [0.05, 0.1) is 0 Å². The number of aldehydes is 1. The van der Waals surface area contributed by atoms with Crippen molar-refractivity contribution in [2.45, 2.75) is 31.1 Å². The summed E-state index contributed by atoms with van der Waals surface area (Å²) in [6.45, 7) is 0. The first kappa shape index (κ1) is 12.1. The first-order valence-corrected chi connectivity index (χ1v) is 5.46. The molecule has 0 aliphatic rings. The van der Waals surface area contributed by atoms with Gasteiger partial charge in [-0.05, 0) is 12.8 Å². The molecule has 12 heavy (non-hydrogen) atoms. The zero-order valence-corrected chi connectivity index (χ0v) is 9.10. The predicted molar refractivity (Wildman–Crippen MR) is 53.0 cm³/mol. The van der Waals surface area contributed by atoms with Gasteiger partial charge in [0.15, 0.2) is 5.78 Å². The van der Waals surface area contributed by atoms with Gasteiger partial charge in [-0.1, -0.05) is 22.4 Å². The second-order valence-corrected chi connectivity index (χ2v) is 3.77. The monoisotopic (exact) mass is 254 g/mol. The number of hydrogen-bond acceptors (Lipinski definition) is 2. The van der Waals surface area contributed by atoms with Gasteiger partial charge in [0, 0.05) is 11.8 Å². The van der Waals surface area contributed by atoms with E-state index in [0.29, 0.717) is 12.7 Å². The lowest BCUT2D eigenvalue weighted by molar-refractivity contribution is -0.121. The van der Waals surface area contributed by atoms with Crippen LogP contribution in [0.1, 0.15) is 25.7 Å². The lowest BCUT2D eigenvalue weighted by Gasteiger charge is -1.99. The molecule has 2 nitrogen and oxygen atoms in total. The number of rotatable bonds is 7. The Balaban J connectivity index is 3.37. The minimum absolute atomic E-state index is 0.166. The van der Waals surface area contributed by atoms with Gasteiger partial charge in [-0.3, -0.25) is 4.79 Å². The Labute approximate surface area is 85.8 Å². The zero-order valence-electron chi connectivity index (χ0n) is 6.76. The minimum atomic E-state index is -0.936. The molecule has 0 spiro atoms. The highest BCUT2D eigenvalue weighted by Crippen LogP contribution is 2.06. The summed E-state index contributed by atoms with van der Waals surface area (Å²) in [4.78, 5) is 21.0. The molecule has 0 aromatic heterocycles. The van der Waals surface area contributed by atoms with Crippen LogP contribution in [0.15, 0.2) is 0 Å². The Bertz CT molecular complexity index is 150. The Morgan fingerprint density at radius 2 is 2.08 bits per heavy atom. The highest BCUT2D eigenvalue weighted by molar-refractivity contribution is 9.09. The molecular formula is C8H12BrClO2. The largest absolute Gasteiger partial charge is 0.301 e. The highest BCUT2D eigenvalue weighted by atomic mass is 79.9. The third-order valence-electron chi connectivity index (χ3n) is 1.48. The fourth-order valence-corrected chi connectivity index (χ4v) is 1.29. The normalized spacial score (nSPS) is 12.5. The van der Waals surface area contributed by atoms with Crippen LogP contribution >= 0.6 is 27.5 Å². The molecule has 0 aromatic carbocycles. The summed E-state index contributed by atoms with van der Waals surface area (Å²) in [6.07, 6.45) is 3.77. The topological polar surface area (TPSA) is 34.1 Å². The molecule has 0 bridgehead atoms. The molecule has 0 fully saturated rings. The number of carbonyl (C=O) groups is 2. The Morgan fingerprint density at radius 3 is 2.58 bits per heavy atom. The second kappa shape index (κ2) is 7.74. The number of hydrogen-bond donors (Lipinski definition) is 0. The van der Waals surface area contributed by atoms with Gasteiger partial charge >= 0.3 is 0 Å². The van der Waals surface area contributed by atoms with Crippen LogP contribution in [0, 0.1) is 0 Å². The molecule has 0 saturated carbocycles. The Kier molecular flexibility index (Phi) is 7.81. The van der Waals surface area contributed by atoms with E-state index >= 15 is 0 Å². The van der Waals surface area contributed by atoms with E-state index in [0.717, 1.165) is 24.6 Å². The van der Waals surface area contributed by atoms with Crippen molar-refractivity contribution in [3.05, 3.63) is 0 Å². The summed E-state index contributed by atoms with van der Waals surface area (Å²) in [6, 6.07) is 0. The maximum absolute atomic E-state index is 11.0. The fraction of sp³-hybridized carbons (Fsp3) is 0.750. The fourth-order valence-electron chi connectivity index (χ4n) is 0.784. The van der Waals surface area contributed by atoms with E-state index in [9.17, 15) is 9.59 Å². The van der Waals surface area contributed by atoms with Gasteiger partial charge in [-0.25, -0.2) is 0 Å². The number of unbranched alkanes of at least 4 members (excludes halogenated alkanes) is 2. The molecule has 0 amide bonds. The molecule has 0 rings (SSSR count). The molecule has 1 atom stereocenters. The van der Waals surface area contributed by atoms with Crippen molar-refractivity contribution < 1.29 is 9.59 Å². The number of halogens is 2. The maximum atomic E-state index is 11.0. The molecule has 0 N–H and O–H groups in total. The van der Waals surface area contributed by atoms with Crippen molar-refractivity contribution in [3.63, 3.8) is 0 Å². The highest BCUT2D eigenvalue weighted by Gasteiger charge is 2.12. The molecule has 1 unspecified atom stereocenters. The molecule has 0 aliphatic carbocycles. The Morgan fingerprint density at radius 1 is 1.42 bits per heavy atom. The predicted octanol–water partition coefficient (Wildman–Crippen LogP) is 2.32. The second-order valence-electron chi connectivity index (χ2n) is 2.50. The summed E-state index contributed by atoms with van der Waals surface area (Å²) >= 11 is 8.69. The molecular weight excluding hydrogens is 243 g/mol. The Hall–Kier alpha value is 0.110. The van der Waals surface area contributed by atoms with E-state index in [-0.39, 0.29) is 5.78 Å². The third kappa shape index (κ3) is 5.72. The van der Waals surface area contributed by atoms with Crippen LogP contribution in [0.5, 0.6) is 0 Å². The molecule has 0 aliphatic heterocycles. The van der Waals surface area contributed by atoms with E-state index in [1.807, 2.05) is 0 Å². The first-order valence-electron chi connectivity index (χ1n) is 3.90. The molecule has 0 aromatic rings. The molecule has 0 radical (unpaired) electrons. The van der Waals surface area contributed by atoms with Crippen LogP contribution in [-0.2, 0) is 9.59 Å². The summed E-state index contributed by atoms with van der Waals surface area (Å²) in [7, 11) is 0. The van der Waals surface area contributed by atoms with Gasteiger partial charge in [-0.15, -0.1) is 11.6 Å². The number of carbonyl (C=O) groups excluding carboxylic acids is 2. The number of Topliss-reactive ketones (excluding diaryl/α,β-unsaturated/α-hetero) is 1. The molecule has 0 heterocycles. The summed E-state index contributed by atoms with van der Waals surface area (Å²) in [5.41, 5.74) is 0. The van der Waals surface area contributed by atoms with Crippen molar-refractivity contribution in [2.75, 3.05) is 5.33 Å². The smallest absolute Gasteiger partial charge is 0.157 e. The standard InChI is InChI=1S/C8H12BrClO2/c9-5-3-1-2-4-8(12)7(10)6-11/h6-7H,1-5H2. The minimum Gasteiger partial charge on any atom is -0.301 e. The van der Waals surface area contributed by atoms with E-state index < -0.39 is 5.38 Å². The lowest BCUT2D eigenvalue weighted by atomic mass is 10.1. The molecule has 70 valence electrons. The summed E-state index contributed by atoms with van der Waals surface area (Å²) in [5.74, 6) is -0.166. The van der Waals surface area contributed by atoms with E-state index in [1.165, 1.54) is 0 Å². The van der Waals surface area contributed by atoms with Crippen molar-refractivity contribution in [3.8, 4) is 0 Å². The zero-order chi connectivity index (χ0) is 9.40.